The number of anilines is 2. The highest BCUT2D eigenvalue weighted by atomic mass is 32.2. The fourth-order valence-corrected chi connectivity index (χ4v) is 4.05. The maximum atomic E-state index is 12.5. The number of rotatable bonds is 8. The Bertz CT molecular complexity index is 1220. The van der Waals surface area contributed by atoms with E-state index >= 15 is 0 Å². The van der Waals surface area contributed by atoms with Gasteiger partial charge in [-0.1, -0.05) is 64.9 Å². The first-order valence-corrected chi connectivity index (χ1v) is 11.8. The zero-order valence-corrected chi connectivity index (χ0v) is 19.8. The van der Waals surface area contributed by atoms with Gasteiger partial charge in [-0.05, 0) is 57.2 Å². The second-order valence-electron chi connectivity index (χ2n) is 7.99. The lowest BCUT2D eigenvalue weighted by Gasteiger charge is -2.12. The molecule has 0 unspecified atom stereocenters. The molecule has 2 N–H and O–H groups in total. The maximum Gasteiger partial charge on any atom is 0.234 e. The van der Waals surface area contributed by atoms with E-state index in [2.05, 4.69) is 58.9 Å². The molecule has 0 fully saturated rings. The van der Waals surface area contributed by atoms with Gasteiger partial charge in [0.25, 0.3) is 0 Å². The Balaban J connectivity index is 1.50. The molecule has 0 spiro atoms. The molecule has 0 aliphatic carbocycles. The van der Waals surface area contributed by atoms with Crippen LogP contribution >= 0.6 is 11.8 Å². The van der Waals surface area contributed by atoms with E-state index in [1.54, 1.807) is 0 Å². The minimum Gasteiger partial charge on any atom is -0.378 e. The lowest BCUT2D eigenvalue weighted by atomic mass is 10.2. The number of aryl methyl sites for hydroxylation is 3. The molecule has 1 aromatic heterocycles. The summed E-state index contributed by atoms with van der Waals surface area (Å²) in [7, 11) is 0. The summed E-state index contributed by atoms with van der Waals surface area (Å²) in [6.07, 6.45) is 0. The average Bonchev–Trinajstić information content (AvgIpc) is 3.22. The van der Waals surface area contributed by atoms with Gasteiger partial charge in [-0.3, -0.25) is 9.36 Å². The number of benzene rings is 3. The van der Waals surface area contributed by atoms with Crippen molar-refractivity contribution in [3.63, 3.8) is 0 Å². The van der Waals surface area contributed by atoms with Crippen molar-refractivity contribution in [1.82, 2.24) is 14.8 Å². The van der Waals surface area contributed by atoms with Gasteiger partial charge >= 0.3 is 0 Å². The highest BCUT2D eigenvalue weighted by molar-refractivity contribution is 7.99. The minimum atomic E-state index is -0.0818. The molecule has 1 amide bonds. The van der Waals surface area contributed by atoms with E-state index in [1.165, 1.54) is 22.9 Å². The van der Waals surface area contributed by atoms with E-state index in [0.29, 0.717) is 11.7 Å². The number of carbonyl (C=O) groups is 1. The quantitative estimate of drug-likeness (QED) is 0.340. The van der Waals surface area contributed by atoms with E-state index in [9.17, 15) is 4.79 Å². The standard InChI is InChI=1S/C26H27N5OS/c1-18-4-10-21(11-5-18)27-16-24-29-30-26(31(24)23-14-8-20(3)9-15-23)33-17-25(32)28-22-12-6-19(2)7-13-22/h4-15,27H,16-17H2,1-3H3,(H,28,32). The van der Waals surface area contributed by atoms with Crippen molar-refractivity contribution in [2.75, 3.05) is 16.4 Å². The summed E-state index contributed by atoms with van der Waals surface area (Å²) >= 11 is 1.37. The smallest absolute Gasteiger partial charge is 0.234 e. The Kier molecular flexibility index (Phi) is 7.10. The monoisotopic (exact) mass is 457 g/mol. The van der Waals surface area contributed by atoms with Crippen LogP contribution in [0, 0.1) is 20.8 Å². The third-order valence-corrected chi connectivity index (χ3v) is 6.09. The number of hydrogen-bond acceptors (Lipinski definition) is 5. The van der Waals surface area contributed by atoms with Gasteiger partial charge in [-0.25, -0.2) is 0 Å². The van der Waals surface area contributed by atoms with Crippen LogP contribution in [0.4, 0.5) is 11.4 Å². The van der Waals surface area contributed by atoms with Crippen molar-refractivity contribution < 1.29 is 4.79 Å². The second kappa shape index (κ2) is 10.4. The number of nitrogens with one attached hydrogen (secondary N) is 2. The molecular weight excluding hydrogens is 430 g/mol. The normalized spacial score (nSPS) is 10.8. The summed E-state index contributed by atoms with van der Waals surface area (Å²) in [4.78, 5) is 12.5. The van der Waals surface area contributed by atoms with Crippen molar-refractivity contribution >= 4 is 29.0 Å². The molecule has 0 aliphatic rings. The van der Waals surface area contributed by atoms with Crippen molar-refractivity contribution in [3.8, 4) is 5.69 Å². The molecule has 0 aliphatic heterocycles. The largest absolute Gasteiger partial charge is 0.378 e. The van der Waals surface area contributed by atoms with Crippen molar-refractivity contribution in [2.45, 2.75) is 32.5 Å². The molecule has 168 valence electrons. The molecule has 0 radical (unpaired) electrons. The highest BCUT2D eigenvalue weighted by Crippen LogP contribution is 2.23. The van der Waals surface area contributed by atoms with Gasteiger partial charge in [0.2, 0.25) is 5.91 Å². The maximum absolute atomic E-state index is 12.5. The fourth-order valence-electron chi connectivity index (χ4n) is 3.28. The van der Waals surface area contributed by atoms with Gasteiger partial charge in [0.1, 0.15) is 0 Å². The molecule has 7 heteroatoms. The molecule has 3 aromatic carbocycles. The summed E-state index contributed by atoms with van der Waals surface area (Å²) in [5.74, 6) is 0.936. The molecule has 0 atom stereocenters. The Morgan fingerprint density at radius 3 is 1.94 bits per heavy atom. The first-order chi connectivity index (χ1) is 16.0. The number of amides is 1. The zero-order chi connectivity index (χ0) is 23.2. The topological polar surface area (TPSA) is 71.8 Å². The Labute approximate surface area is 198 Å². The van der Waals surface area contributed by atoms with Crippen LogP contribution < -0.4 is 10.6 Å². The van der Waals surface area contributed by atoms with E-state index < -0.39 is 0 Å². The van der Waals surface area contributed by atoms with Crippen LogP contribution in [0.15, 0.2) is 78.0 Å². The summed E-state index contributed by atoms with van der Waals surface area (Å²) < 4.78 is 2.00. The summed E-state index contributed by atoms with van der Waals surface area (Å²) in [5, 5.41) is 15.8. The zero-order valence-electron chi connectivity index (χ0n) is 19.0. The number of thioether (sulfide) groups is 1. The first-order valence-electron chi connectivity index (χ1n) is 10.8. The molecule has 4 aromatic rings. The molecule has 4 rings (SSSR count). The van der Waals surface area contributed by atoms with Gasteiger partial charge in [-0.15, -0.1) is 10.2 Å². The van der Waals surface area contributed by atoms with Gasteiger partial charge in [0, 0.05) is 17.1 Å². The van der Waals surface area contributed by atoms with Gasteiger partial charge in [0.05, 0.1) is 12.3 Å². The number of aromatic nitrogens is 3. The number of carbonyl (C=O) groups excluding carboxylic acids is 1. The summed E-state index contributed by atoms with van der Waals surface area (Å²) in [5.41, 5.74) is 6.32. The van der Waals surface area contributed by atoms with Crippen molar-refractivity contribution in [3.05, 3.63) is 95.3 Å². The Morgan fingerprint density at radius 1 is 0.788 bits per heavy atom. The fraction of sp³-hybridized carbons (Fsp3) is 0.192. The van der Waals surface area contributed by atoms with Crippen LogP contribution in [-0.4, -0.2) is 26.4 Å². The third kappa shape index (κ3) is 6.02. The third-order valence-electron chi connectivity index (χ3n) is 5.16. The average molecular weight is 458 g/mol. The molecular formula is C26H27N5OS. The van der Waals surface area contributed by atoms with E-state index in [0.717, 1.165) is 28.5 Å². The van der Waals surface area contributed by atoms with Gasteiger partial charge in [-0.2, -0.15) is 0 Å². The molecule has 0 saturated carbocycles. The summed E-state index contributed by atoms with van der Waals surface area (Å²) in [6, 6.07) is 24.2. The highest BCUT2D eigenvalue weighted by Gasteiger charge is 2.16. The van der Waals surface area contributed by atoms with E-state index in [1.807, 2.05) is 60.0 Å². The molecule has 0 saturated heterocycles. The number of nitrogens with zero attached hydrogens (tertiary/aromatic N) is 3. The molecule has 1 heterocycles. The second-order valence-corrected chi connectivity index (χ2v) is 8.93. The van der Waals surface area contributed by atoms with Gasteiger partial charge < -0.3 is 10.6 Å². The van der Waals surface area contributed by atoms with Crippen molar-refractivity contribution in [1.29, 1.82) is 0 Å². The predicted molar refractivity (Wildman–Crippen MR) is 135 cm³/mol. The molecule has 0 bridgehead atoms. The van der Waals surface area contributed by atoms with Crippen LogP contribution in [0.1, 0.15) is 22.5 Å². The Morgan fingerprint density at radius 2 is 1.33 bits per heavy atom. The van der Waals surface area contributed by atoms with Gasteiger partial charge in [0.15, 0.2) is 11.0 Å². The van der Waals surface area contributed by atoms with E-state index in [4.69, 9.17) is 0 Å². The lowest BCUT2D eigenvalue weighted by molar-refractivity contribution is -0.113. The minimum absolute atomic E-state index is 0.0818. The Hall–Kier alpha value is -3.58. The first kappa shape index (κ1) is 22.6. The SMILES string of the molecule is Cc1ccc(NCc2nnc(SCC(=O)Nc3ccc(C)cc3)n2-c2ccc(C)cc2)cc1. The number of hydrogen-bond donors (Lipinski definition) is 2. The lowest BCUT2D eigenvalue weighted by Crippen LogP contribution is -2.15. The van der Waals surface area contributed by atoms with Crippen LogP contribution in [0.3, 0.4) is 0 Å². The predicted octanol–water partition coefficient (Wildman–Crippen LogP) is 5.54. The van der Waals surface area contributed by atoms with Crippen LogP contribution in [0.25, 0.3) is 5.69 Å². The van der Waals surface area contributed by atoms with Crippen LogP contribution in [-0.2, 0) is 11.3 Å². The van der Waals surface area contributed by atoms with E-state index in [-0.39, 0.29) is 11.7 Å². The van der Waals surface area contributed by atoms with Crippen LogP contribution in [0.2, 0.25) is 0 Å². The molecule has 6 nitrogen and oxygen atoms in total. The van der Waals surface area contributed by atoms with Crippen LogP contribution in [0.5, 0.6) is 0 Å². The summed E-state index contributed by atoms with van der Waals surface area (Å²) in [6.45, 7) is 6.65. The molecule has 33 heavy (non-hydrogen) atoms. The van der Waals surface area contributed by atoms with Crippen molar-refractivity contribution in [2.24, 2.45) is 0 Å².